The number of benzene rings is 2. The fraction of sp³-hybridized carbons (Fsp3) is 0.375. The number of anilines is 2. The van der Waals surface area contributed by atoms with Crippen LogP contribution in [0.1, 0.15) is 43.5 Å². The van der Waals surface area contributed by atoms with E-state index in [9.17, 15) is 14.4 Å². The third-order valence-electron chi connectivity index (χ3n) is 5.34. The lowest BCUT2D eigenvalue weighted by molar-refractivity contribution is -0.120. The third kappa shape index (κ3) is 5.63. The summed E-state index contributed by atoms with van der Waals surface area (Å²) in [4.78, 5) is 39.5. The number of piperidine rings is 1. The second-order valence-electron chi connectivity index (χ2n) is 7.97. The zero-order valence-electron chi connectivity index (χ0n) is 18.2. The molecule has 2 aromatic rings. The van der Waals surface area contributed by atoms with Gasteiger partial charge in [0.1, 0.15) is 11.8 Å². The highest BCUT2D eigenvalue weighted by atomic mass is 16.5. The number of amides is 3. The molecule has 2 aromatic carbocycles. The monoisotopic (exact) mass is 423 g/mol. The highest BCUT2D eigenvalue weighted by Crippen LogP contribution is 2.24. The summed E-state index contributed by atoms with van der Waals surface area (Å²) in [6.07, 6.45) is 2.42. The fourth-order valence-electron chi connectivity index (χ4n) is 3.55. The summed E-state index contributed by atoms with van der Waals surface area (Å²) in [5.41, 5.74) is 1.81. The summed E-state index contributed by atoms with van der Waals surface area (Å²) in [5, 5.41) is 5.70. The Morgan fingerprint density at radius 2 is 1.81 bits per heavy atom. The van der Waals surface area contributed by atoms with E-state index in [-0.39, 0.29) is 23.6 Å². The largest absolute Gasteiger partial charge is 0.497 e. The van der Waals surface area contributed by atoms with Crippen molar-refractivity contribution in [1.29, 1.82) is 0 Å². The Kier molecular flexibility index (Phi) is 7.28. The first kappa shape index (κ1) is 22.3. The van der Waals surface area contributed by atoms with Crippen LogP contribution in [0.5, 0.6) is 5.75 Å². The van der Waals surface area contributed by atoms with Crippen molar-refractivity contribution in [2.45, 2.75) is 39.2 Å². The third-order valence-corrected chi connectivity index (χ3v) is 5.34. The molecule has 164 valence electrons. The lowest BCUT2D eigenvalue weighted by atomic mass is 10.0. The predicted molar refractivity (Wildman–Crippen MR) is 120 cm³/mol. The molecule has 3 amide bonds. The standard InChI is InChI=1S/C24H29N3O4/c1-16(2)22(26-23(29)17-10-12-20(31-3)13-11-17)24(30)25-18-7-6-8-19(15-18)27-14-5-4-9-21(27)28/h6-8,10-13,15-16,22H,4-5,9,14H2,1-3H3,(H,25,30)(H,26,29). The smallest absolute Gasteiger partial charge is 0.251 e. The van der Waals surface area contributed by atoms with Crippen LogP contribution in [0.25, 0.3) is 0 Å². The Labute approximate surface area is 182 Å². The number of methoxy groups -OCH3 is 1. The first-order valence-corrected chi connectivity index (χ1v) is 10.5. The van der Waals surface area contributed by atoms with E-state index in [0.29, 0.717) is 30.0 Å². The molecule has 7 nitrogen and oxygen atoms in total. The van der Waals surface area contributed by atoms with Crippen molar-refractivity contribution in [3.8, 4) is 5.75 Å². The van der Waals surface area contributed by atoms with Crippen LogP contribution >= 0.6 is 0 Å². The van der Waals surface area contributed by atoms with Gasteiger partial charge in [-0.2, -0.15) is 0 Å². The van der Waals surface area contributed by atoms with Crippen LogP contribution in [-0.2, 0) is 9.59 Å². The molecule has 0 bridgehead atoms. The van der Waals surface area contributed by atoms with E-state index >= 15 is 0 Å². The predicted octanol–water partition coefficient (Wildman–Crippen LogP) is 3.61. The summed E-state index contributed by atoms with van der Waals surface area (Å²) in [5.74, 6) is 0.000475. The average Bonchev–Trinajstić information content (AvgIpc) is 2.77. The van der Waals surface area contributed by atoms with Gasteiger partial charge in [0.25, 0.3) is 5.91 Å². The summed E-state index contributed by atoms with van der Waals surface area (Å²) in [7, 11) is 1.56. The van der Waals surface area contributed by atoms with Gasteiger partial charge in [-0.05, 0) is 61.2 Å². The van der Waals surface area contributed by atoms with Gasteiger partial charge in [-0.25, -0.2) is 0 Å². The summed E-state index contributed by atoms with van der Waals surface area (Å²) in [6, 6.07) is 13.2. The second-order valence-corrected chi connectivity index (χ2v) is 7.97. The molecule has 1 aliphatic rings. The molecule has 0 saturated carbocycles. The van der Waals surface area contributed by atoms with Gasteiger partial charge in [0.2, 0.25) is 11.8 Å². The molecule has 1 unspecified atom stereocenters. The minimum Gasteiger partial charge on any atom is -0.497 e. The number of hydrogen-bond donors (Lipinski definition) is 2. The van der Waals surface area contributed by atoms with Crippen LogP contribution < -0.4 is 20.3 Å². The Bertz CT molecular complexity index is 940. The molecule has 0 aromatic heterocycles. The molecule has 31 heavy (non-hydrogen) atoms. The molecule has 7 heteroatoms. The van der Waals surface area contributed by atoms with Gasteiger partial charge >= 0.3 is 0 Å². The number of nitrogens with one attached hydrogen (secondary N) is 2. The highest BCUT2D eigenvalue weighted by Gasteiger charge is 2.25. The van der Waals surface area contributed by atoms with Gasteiger partial charge in [-0.1, -0.05) is 19.9 Å². The first-order valence-electron chi connectivity index (χ1n) is 10.5. The van der Waals surface area contributed by atoms with Crippen LogP contribution in [0.3, 0.4) is 0 Å². The van der Waals surface area contributed by atoms with E-state index < -0.39 is 6.04 Å². The fourth-order valence-corrected chi connectivity index (χ4v) is 3.55. The van der Waals surface area contributed by atoms with Crippen LogP contribution in [0.2, 0.25) is 0 Å². The molecule has 0 radical (unpaired) electrons. The summed E-state index contributed by atoms with van der Waals surface area (Å²) in [6.45, 7) is 4.44. The van der Waals surface area contributed by atoms with E-state index in [1.165, 1.54) is 0 Å². The van der Waals surface area contributed by atoms with E-state index in [4.69, 9.17) is 4.74 Å². The van der Waals surface area contributed by atoms with E-state index in [1.807, 2.05) is 26.0 Å². The quantitative estimate of drug-likeness (QED) is 0.712. The number of hydrogen-bond acceptors (Lipinski definition) is 4. The van der Waals surface area contributed by atoms with Gasteiger partial charge < -0.3 is 20.3 Å². The lowest BCUT2D eigenvalue weighted by Gasteiger charge is -2.27. The molecule has 3 rings (SSSR count). The molecule has 1 heterocycles. The second kappa shape index (κ2) is 10.1. The van der Waals surface area contributed by atoms with Crippen molar-refractivity contribution in [2.24, 2.45) is 5.92 Å². The minimum absolute atomic E-state index is 0.0986. The molecule has 1 fully saturated rings. The lowest BCUT2D eigenvalue weighted by Crippen LogP contribution is -2.47. The van der Waals surface area contributed by atoms with E-state index in [2.05, 4.69) is 10.6 Å². The molecule has 0 spiro atoms. The summed E-state index contributed by atoms with van der Waals surface area (Å²) >= 11 is 0. The van der Waals surface area contributed by atoms with Crippen LogP contribution in [0.15, 0.2) is 48.5 Å². The molecule has 2 N–H and O–H groups in total. The van der Waals surface area contributed by atoms with Crippen molar-refractivity contribution < 1.29 is 19.1 Å². The van der Waals surface area contributed by atoms with Gasteiger partial charge in [-0.3, -0.25) is 14.4 Å². The van der Waals surface area contributed by atoms with Gasteiger partial charge in [0.15, 0.2) is 0 Å². The van der Waals surface area contributed by atoms with E-state index in [1.54, 1.807) is 48.4 Å². The zero-order chi connectivity index (χ0) is 22.4. The number of carbonyl (C=O) groups is 3. The van der Waals surface area contributed by atoms with Gasteiger partial charge in [0.05, 0.1) is 7.11 Å². The van der Waals surface area contributed by atoms with Crippen molar-refractivity contribution in [1.82, 2.24) is 5.32 Å². The summed E-state index contributed by atoms with van der Waals surface area (Å²) < 4.78 is 5.11. The minimum atomic E-state index is -0.713. The maximum atomic E-state index is 12.9. The maximum absolute atomic E-state index is 12.9. The Hall–Kier alpha value is -3.35. The average molecular weight is 424 g/mol. The normalized spacial score (nSPS) is 14.8. The number of rotatable bonds is 7. The Morgan fingerprint density at radius 3 is 2.45 bits per heavy atom. The van der Waals surface area contributed by atoms with Gasteiger partial charge in [-0.15, -0.1) is 0 Å². The molecular weight excluding hydrogens is 394 g/mol. The van der Waals surface area contributed by atoms with Crippen molar-refractivity contribution >= 4 is 29.1 Å². The highest BCUT2D eigenvalue weighted by molar-refractivity contribution is 6.02. The van der Waals surface area contributed by atoms with Gasteiger partial charge in [0, 0.05) is 29.9 Å². The molecular formula is C24H29N3O4. The Balaban J connectivity index is 1.69. The maximum Gasteiger partial charge on any atom is 0.251 e. The molecule has 1 atom stereocenters. The van der Waals surface area contributed by atoms with Crippen molar-refractivity contribution in [3.05, 3.63) is 54.1 Å². The number of carbonyl (C=O) groups excluding carboxylic acids is 3. The van der Waals surface area contributed by atoms with Crippen LogP contribution in [0.4, 0.5) is 11.4 Å². The van der Waals surface area contributed by atoms with E-state index in [0.717, 1.165) is 18.5 Å². The molecule has 1 aliphatic heterocycles. The molecule has 1 saturated heterocycles. The topological polar surface area (TPSA) is 87.7 Å². The zero-order valence-corrected chi connectivity index (χ0v) is 18.2. The van der Waals surface area contributed by atoms with Crippen LogP contribution in [-0.4, -0.2) is 37.4 Å². The molecule has 0 aliphatic carbocycles. The number of ether oxygens (including phenoxy) is 1. The SMILES string of the molecule is COc1ccc(C(=O)NC(C(=O)Nc2cccc(N3CCCCC3=O)c2)C(C)C)cc1. The van der Waals surface area contributed by atoms with Crippen molar-refractivity contribution in [2.75, 3.05) is 23.9 Å². The van der Waals surface area contributed by atoms with Crippen molar-refractivity contribution in [3.63, 3.8) is 0 Å². The van der Waals surface area contributed by atoms with Crippen LogP contribution in [0, 0.1) is 5.92 Å². The number of nitrogens with zero attached hydrogens (tertiary/aromatic N) is 1. The first-order chi connectivity index (χ1) is 14.9. The Morgan fingerprint density at radius 1 is 1.06 bits per heavy atom.